The van der Waals surface area contributed by atoms with Crippen LogP contribution in [0.2, 0.25) is 0 Å². The highest BCUT2D eigenvalue weighted by Crippen LogP contribution is 2.23. The van der Waals surface area contributed by atoms with E-state index < -0.39 is 5.97 Å². The Bertz CT molecular complexity index is 688. The molecule has 1 aromatic carbocycles. The zero-order chi connectivity index (χ0) is 17.6. The highest BCUT2D eigenvalue weighted by molar-refractivity contribution is 5.66. The van der Waals surface area contributed by atoms with Gasteiger partial charge in [-0.05, 0) is 30.7 Å². The van der Waals surface area contributed by atoms with E-state index in [9.17, 15) is 4.79 Å². The number of fused-ring (bicyclic) bond motifs is 1. The smallest absolute Gasteiger partial charge is 0.306 e. The maximum Gasteiger partial charge on any atom is 0.306 e. The first-order valence-corrected chi connectivity index (χ1v) is 8.52. The van der Waals surface area contributed by atoms with E-state index in [4.69, 9.17) is 20.3 Å². The van der Waals surface area contributed by atoms with E-state index in [2.05, 4.69) is 21.8 Å². The van der Waals surface area contributed by atoms with Crippen molar-refractivity contribution in [3.8, 4) is 16.9 Å². The Balaban J connectivity index is 1.56. The van der Waals surface area contributed by atoms with Crippen molar-refractivity contribution in [1.82, 2.24) is 4.68 Å². The lowest BCUT2D eigenvalue weighted by Gasteiger charge is -2.06. The van der Waals surface area contributed by atoms with Crippen LogP contribution in [0.3, 0.4) is 0 Å². The summed E-state index contributed by atoms with van der Waals surface area (Å²) in [4.78, 5) is 10.5. The minimum absolute atomic E-state index is 0.000873. The standard InChI is InChI=1S/C18H23N3O4/c19-7-1-8-24-17-12-20-10-15(11-21(20)13-17)14-2-4-16(5-3-14)25-9-6-18(22)23/h2-5,10-11,17H,1,6-9,12-13,19H2/p+1. The molecule has 0 unspecified atom stereocenters. The Hall–Kier alpha value is -2.38. The number of carbonyl (C=O) groups is 1. The van der Waals surface area contributed by atoms with Crippen molar-refractivity contribution in [2.75, 3.05) is 19.8 Å². The second-order valence-corrected chi connectivity index (χ2v) is 6.11. The number of nitrogens with two attached hydrogens (primary N) is 1. The third-order valence-electron chi connectivity index (χ3n) is 4.16. The summed E-state index contributed by atoms with van der Waals surface area (Å²) in [5.74, 6) is -0.181. The predicted octanol–water partition coefficient (Wildman–Crippen LogP) is 1.04. The van der Waals surface area contributed by atoms with Crippen molar-refractivity contribution in [1.29, 1.82) is 0 Å². The summed E-state index contributed by atoms with van der Waals surface area (Å²) in [7, 11) is 0. The Labute approximate surface area is 146 Å². The van der Waals surface area contributed by atoms with Crippen LogP contribution in [0.1, 0.15) is 12.8 Å². The number of carboxylic acids is 1. The third kappa shape index (κ3) is 4.58. The van der Waals surface area contributed by atoms with Gasteiger partial charge < -0.3 is 20.3 Å². The van der Waals surface area contributed by atoms with Crippen LogP contribution in [0, 0.1) is 0 Å². The fraction of sp³-hybridized carbons (Fsp3) is 0.444. The minimum Gasteiger partial charge on any atom is -0.493 e. The lowest BCUT2D eigenvalue weighted by Crippen LogP contribution is -2.37. The average molecular weight is 346 g/mol. The van der Waals surface area contributed by atoms with Gasteiger partial charge in [-0.3, -0.25) is 4.79 Å². The number of rotatable bonds is 9. The highest BCUT2D eigenvalue weighted by atomic mass is 16.5. The monoisotopic (exact) mass is 346 g/mol. The molecule has 7 nitrogen and oxygen atoms in total. The topological polar surface area (TPSA) is 90.6 Å². The van der Waals surface area contributed by atoms with Gasteiger partial charge in [-0.2, -0.15) is 4.68 Å². The molecule has 1 aliphatic heterocycles. The van der Waals surface area contributed by atoms with Gasteiger partial charge in [-0.25, -0.2) is 0 Å². The van der Waals surface area contributed by atoms with Crippen LogP contribution in [-0.2, 0) is 22.6 Å². The summed E-state index contributed by atoms with van der Waals surface area (Å²) < 4.78 is 15.6. The van der Waals surface area contributed by atoms with Crippen LogP contribution < -0.4 is 15.2 Å². The van der Waals surface area contributed by atoms with Crippen molar-refractivity contribution in [3.63, 3.8) is 0 Å². The van der Waals surface area contributed by atoms with E-state index in [0.717, 1.165) is 30.6 Å². The van der Waals surface area contributed by atoms with E-state index in [-0.39, 0.29) is 19.1 Å². The molecular formula is C18H24N3O4+. The molecule has 0 aliphatic carbocycles. The first kappa shape index (κ1) is 17.4. The Morgan fingerprint density at radius 1 is 1.28 bits per heavy atom. The lowest BCUT2D eigenvalue weighted by atomic mass is 10.1. The van der Waals surface area contributed by atoms with Crippen molar-refractivity contribution >= 4 is 5.97 Å². The van der Waals surface area contributed by atoms with E-state index in [0.29, 0.717) is 18.9 Å². The van der Waals surface area contributed by atoms with E-state index in [1.165, 1.54) is 0 Å². The van der Waals surface area contributed by atoms with Gasteiger partial charge >= 0.3 is 5.97 Å². The first-order valence-electron chi connectivity index (χ1n) is 8.52. The maximum atomic E-state index is 10.5. The summed E-state index contributed by atoms with van der Waals surface area (Å²) >= 11 is 0. The molecule has 3 N–H and O–H groups in total. The van der Waals surface area contributed by atoms with Gasteiger partial charge in [0.15, 0.2) is 6.54 Å². The molecule has 3 rings (SSSR count). The number of carboxylic acid groups (broad SMARTS) is 1. The van der Waals surface area contributed by atoms with Gasteiger partial charge in [-0.15, -0.1) is 4.68 Å². The normalized spacial score (nSPS) is 16.0. The molecule has 0 fully saturated rings. The largest absolute Gasteiger partial charge is 0.493 e. The maximum absolute atomic E-state index is 10.5. The highest BCUT2D eigenvalue weighted by Gasteiger charge is 2.29. The Morgan fingerprint density at radius 2 is 2.08 bits per heavy atom. The Morgan fingerprint density at radius 3 is 2.76 bits per heavy atom. The number of nitrogens with zero attached hydrogens (tertiary/aromatic N) is 2. The number of aliphatic carboxylic acids is 1. The lowest BCUT2D eigenvalue weighted by molar-refractivity contribution is -0.760. The molecule has 2 aromatic rings. The zero-order valence-corrected chi connectivity index (χ0v) is 14.1. The van der Waals surface area contributed by atoms with Gasteiger partial charge in [0.25, 0.3) is 0 Å². The molecule has 0 saturated carbocycles. The minimum atomic E-state index is -0.859. The molecule has 0 saturated heterocycles. The van der Waals surface area contributed by atoms with Crippen molar-refractivity contribution in [3.05, 3.63) is 36.7 Å². The SMILES string of the molecule is NCCCOC1Cn2cc(-c3ccc(OCCC(=O)O)cc3)c[n+]2C1. The molecule has 2 heterocycles. The van der Waals surface area contributed by atoms with Crippen molar-refractivity contribution in [2.24, 2.45) is 5.73 Å². The molecular weight excluding hydrogens is 322 g/mol. The fourth-order valence-electron chi connectivity index (χ4n) is 2.88. The summed E-state index contributed by atoms with van der Waals surface area (Å²) in [6, 6.07) is 7.70. The molecule has 1 aromatic heterocycles. The average Bonchev–Trinajstić information content (AvgIpc) is 3.14. The summed E-state index contributed by atoms with van der Waals surface area (Å²) in [6.07, 6.45) is 5.34. The molecule has 0 spiro atoms. The molecule has 25 heavy (non-hydrogen) atoms. The number of hydrogen-bond acceptors (Lipinski definition) is 4. The van der Waals surface area contributed by atoms with Gasteiger partial charge in [-0.1, -0.05) is 12.1 Å². The van der Waals surface area contributed by atoms with Crippen LogP contribution in [-0.4, -0.2) is 41.6 Å². The van der Waals surface area contributed by atoms with E-state index in [1.54, 1.807) is 0 Å². The van der Waals surface area contributed by atoms with Crippen LogP contribution in [0.5, 0.6) is 5.75 Å². The van der Waals surface area contributed by atoms with Gasteiger partial charge in [0.2, 0.25) is 6.20 Å². The molecule has 0 radical (unpaired) electrons. The zero-order valence-electron chi connectivity index (χ0n) is 14.1. The summed E-state index contributed by atoms with van der Waals surface area (Å²) in [5.41, 5.74) is 7.72. The van der Waals surface area contributed by atoms with E-state index in [1.807, 2.05) is 24.3 Å². The number of aromatic nitrogens is 2. The number of hydrogen-bond donors (Lipinski definition) is 2. The molecule has 7 heteroatoms. The van der Waals surface area contributed by atoms with E-state index >= 15 is 0 Å². The first-order chi connectivity index (χ1) is 12.2. The number of ether oxygens (including phenoxy) is 2. The number of benzene rings is 1. The molecule has 0 amide bonds. The molecule has 134 valence electrons. The van der Waals surface area contributed by atoms with Crippen LogP contribution >= 0.6 is 0 Å². The van der Waals surface area contributed by atoms with Crippen LogP contribution in [0.25, 0.3) is 11.1 Å². The second kappa shape index (κ2) is 8.13. The fourth-order valence-corrected chi connectivity index (χ4v) is 2.88. The molecule has 0 atom stereocenters. The van der Waals surface area contributed by atoms with Gasteiger partial charge in [0, 0.05) is 6.61 Å². The van der Waals surface area contributed by atoms with Gasteiger partial charge in [0.05, 0.1) is 24.8 Å². The second-order valence-electron chi connectivity index (χ2n) is 6.11. The quantitative estimate of drug-likeness (QED) is 0.523. The van der Waals surface area contributed by atoms with Crippen molar-refractivity contribution in [2.45, 2.75) is 32.0 Å². The van der Waals surface area contributed by atoms with Crippen LogP contribution in [0.4, 0.5) is 0 Å². The third-order valence-corrected chi connectivity index (χ3v) is 4.16. The van der Waals surface area contributed by atoms with Crippen LogP contribution in [0.15, 0.2) is 36.7 Å². The Kier molecular flexibility index (Phi) is 5.67. The molecule has 0 bridgehead atoms. The summed E-state index contributed by atoms with van der Waals surface area (Å²) in [6.45, 7) is 3.24. The van der Waals surface area contributed by atoms with Crippen molar-refractivity contribution < 1.29 is 24.1 Å². The predicted molar refractivity (Wildman–Crippen MR) is 91.2 cm³/mol. The summed E-state index contributed by atoms with van der Waals surface area (Å²) in [5, 5.41) is 8.62. The molecule has 1 aliphatic rings. The van der Waals surface area contributed by atoms with Gasteiger partial charge in [0.1, 0.15) is 18.4 Å².